The van der Waals surface area contributed by atoms with E-state index < -0.39 is 10.0 Å². The molecule has 1 unspecified atom stereocenters. The highest BCUT2D eigenvalue weighted by molar-refractivity contribution is 14.0. The van der Waals surface area contributed by atoms with Crippen LogP contribution in [0.25, 0.3) is 0 Å². The van der Waals surface area contributed by atoms with Crippen LogP contribution in [0.15, 0.2) is 21.8 Å². The van der Waals surface area contributed by atoms with Gasteiger partial charge in [-0.2, -0.15) is 0 Å². The minimum atomic E-state index is -3.43. The summed E-state index contributed by atoms with van der Waals surface area (Å²) in [7, 11) is -3.43. The van der Waals surface area contributed by atoms with Crippen molar-refractivity contribution in [3.63, 3.8) is 0 Å². The van der Waals surface area contributed by atoms with Crippen LogP contribution in [0.4, 0.5) is 0 Å². The maximum absolute atomic E-state index is 11.7. The monoisotopic (exact) mass is 431 g/mol. The van der Waals surface area contributed by atoms with Gasteiger partial charge in [-0.3, -0.25) is 4.99 Å². The van der Waals surface area contributed by atoms with Crippen LogP contribution in [0.3, 0.4) is 0 Å². The van der Waals surface area contributed by atoms with Crippen molar-refractivity contribution in [2.75, 3.05) is 13.1 Å². The third-order valence-electron chi connectivity index (χ3n) is 2.55. The Morgan fingerprint density at radius 3 is 2.86 bits per heavy atom. The van der Waals surface area contributed by atoms with Crippen molar-refractivity contribution in [3.8, 4) is 0 Å². The summed E-state index contributed by atoms with van der Waals surface area (Å²) in [5, 5.41) is 6.54. The highest BCUT2D eigenvalue weighted by Gasteiger charge is 2.12. The Morgan fingerprint density at radius 1 is 1.57 bits per heavy atom. The Kier molecular flexibility index (Phi) is 9.53. The number of hydrogen-bond acceptors (Lipinski definition) is 5. The van der Waals surface area contributed by atoms with Gasteiger partial charge in [-0.05, 0) is 13.3 Å². The number of nitrogens with one attached hydrogen (secondary N) is 2. The maximum Gasteiger partial charge on any atom is 0.217 e. The Hall–Kier alpha value is -0.880. The van der Waals surface area contributed by atoms with Crippen LogP contribution < -0.4 is 15.8 Å². The van der Waals surface area contributed by atoms with Gasteiger partial charge in [0.25, 0.3) is 0 Å². The van der Waals surface area contributed by atoms with Crippen molar-refractivity contribution in [2.45, 2.75) is 32.1 Å². The number of nitrogens with two attached hydrogens (primary N) is 1. The minimum absolute atomic E-state index is 0. The van der Waals surface area contributed by atoms with Gasteiger partial charge in [0.1, 0.15) is 12.0 Å². The van der Waals surface area contributed by atoms with E-state index in [0.717, 1.165) is 6.42 Å². The predicted octanol–water partition coefficient (Wildman–Crippen LogP) is 0.415. The van der Waals surface area contributed by atoms with Crippen molar-refractivity contribution in [2.24, 2.45) is 10.7 Å². The van der Waals surface area contributed by atoms with Crippen LogP contribution in [0.2, 0.25) is 0 Å². The summed E-state index contributed by atoms with van der Waals surface area (Å²) >= 11 is 0. The molecule has 1 heterocycles. The van der Waals surface area contributed by atoms with Gasteiger partial charge in [0.15, 0.2) is 5.96 Å². The lowest BCUT2D eigenvalue weighted by molar-refractivity contribution is 0.413. The van der Waals surface area contributed by atoms with E-state index in [0.29, 0.717) is 11.7 Å². The summed E-state index contributed by atoms with van der Waals surface area (Å²) in [5.74, 6) is 0.100. The number of halogens is 1. The third kappa shape index (κ3) is 8.88. The molecule has 8 nitrogen and oxygen atoms in total. The zero-order valence-electron chi connectivity index (χ0n) is 12.1. The molecule has 0 spiro atoms. The topological polar surface area (TPSA) is 123 Å². The first-order chi connectivity index (χ1) is 9.43. The maximum atomic E-state index is 11.7. The second kappa shape index (κ2) is 9.95. The molecule has 0 aliphatic rings. The molecule has 21 heavy (non-hydrogen) atoms. The van der Waals surface area contributed by atoms with E-state index in [1.54, 1.807) is 0 Å². The summed E-state index contributed by atoms with van der Waals surface area (Å²) in [6, 6.07) is 1.74. The van der Waals surface area contributed by atoms with Gasteiger partial charge < -0.3 is 15.6 Å². The summed E-state index contributed by atoms with van der Waals surface area (Å²) in [5.41, 5.74) is 6.01. The Bertz CT molecular complexity index is 518. The van der Waals surface area contributed by atoms with Crippen molar-refractivity contribution in [3.05, 3.63) is 18.0 Å². The standard InChI is InChI=1S/C11H21N5O3S.HI/c1-3-9(2)15-11(12)13-5-6-14-20(17,18)8-10-4-7-19-16-10;/h4,7,9,14H,3,5-6,8H2,1-2H3,(H3,12,13,15);1H. The van der Waals surface area contributed by atoms with Crippen molar-refractivity contribution in [1.29, 1.82) is 0 Å². The largest absolute Gasteiger partial charge is 0.370 e. The Morgan fingerprint density at radius 2 is 2.29 bits per heavy atom. The van der Waals surface area contributed by atoms with Crippen LogP contribution in [0, 0.1) is 0 Å². The number of sulfonamides is 1. The normalized spacial score (nSPS) is 13.5. The van der Waals surface area contributed by atoms with Crippen LogP contribution in [0.5, 0.6) is 0 Å². The quantitative estimate of drug-likeness (QED) is 0.237. The van der Waals surface area contributed by atoms with E-state index in [1.165, 1.54) is 12.3 Å². The lowest BCUT2D eigenvalue weighted by atomic mass is 10.3. The van der Waals surface area contributed by atoms with E-state index in [9.17, 15) is 8.42 Å². The smallest absolute Gasteiger partial charge is 0.217 e. The first-order valence-corrected chi connectivity index (χ1v) is 8.01. The summed E-state index contributed by atoms with van der Waals surface area (Å²) in [6.07, 6.45) is 2.26. The van der Waals surface area contributed by atoms with Gasteiger partial charge >= 0.3 is 0 Å². The van der Waals surface area contributed by atoms with Crippen LogP contribution in [0.1, 0.15) is 26.0 Å². The average molecular weight is 431 g/mol. The molecular formula is C11H22IN5O3S. The number of nitrogens with zero attached hydrogens (tertiary/aromatic N) is 2. The first-order valence-electron chi connectivity index (χ1n) is 6.36. The van der Waals surface area contributed by atoms with Crippen molar-refractivity contribution >= 4 is 40.0 Å². The molecule has 1 aromatic heterocycles. The molecule has 1 aromatic rings. The predicted molar refractivity (Wildman–Crippen MR) is 91.9 cm³/mol. The number of guanidine groups is 1. The Labute approximate surface area is 142 Å². The molecule has 0 amide bonds. The number of aromatic nitrogens is 1. The zero-order chi connectivity index (χ0) is 15.0. The molecule has 1 atom stereocenters. The van der Waals surface area contributed by atoms with Crippen LogP contribution in [-0.2, 0) is 15.8 Å². The summed E-state index contributed by atoms with van der Waals surface area (Å²) < 4.78 is 30.4. The number of aliphatic imine (C=N–C) groups is 1. The number of hydrogen-bond donors (Lipinski definition) is 3. The molecule has 0 aliphatic carbocycles. The molecule has 122 valence electrons. The van der Waals surface area contributed by atoms with Crippen LogP contribution in [-0.4, -0.2) is 38.7 Å². The summed E-state index contributed by atoms with van der Waals surface area (Å²) in [4.78, 5) is 4.03. The second-order valence-corrected chi connectivity index (χ2v) is 6.17. The fourth-order valence-electron chi connectivity index (χ4n) is 1.34. The highest BCUT2D eigenvalue weighted by Crippen LogP contribution is 2.00. The van der Waals surface area contributed by atoms with Gasteiger partial charge in [-0.1, -0.05) is 12.1 Å². The fraction of sp³-hybridized carbons (Fsp3) is 0.636. The lowest BCUT2D eigenvalue weighted by Crippen LogP contribution is -2.38. The highest BCUT2D eigenvalue weighted by atomic mass is 127. The van der Waals surface area contributed by atoms with Gasteiger partial charge in [-0.15, -0.1) is 24.0 Å². The molecule has 1 rings (SSSR count). The van der Waals surface area contributed by atoms with Gasteiger partial charge in [0.2, 0.25) is 10.0 Å². The van der Waals surface area contributed by atoms with Gasteiger partial charge in [0.05, 0.1) is 12.2 Å². The molecule has 0 radical (unpaired) electrons. The zero-order valence-corrected chi connectivity index (χ0v) is 15.2. The van der Waals surface area contributed by atoms with E-state index in [2.05, 4.69) is 24.7 Å². The SMILES string of the molecule is CCC(C)NC(N)=NCCNS(=O)(=O)Cc1ccon1.I. The fourth-order valence-corrected chi connectivity index (χ4v) is 2.38. The molecule has 4 N–H and O–H groups in total. The molecule has 0 fully saturated rings. The lowest BCUT2D eigenvalue weighted by Gasteiger charge is -2.11. The Balaban J connectivity index is 0.00000400. The minimum Gasteiger partial charge on any atom is -0.370 e. The molecular weight excluding hydrogens is 409 g/mol. The van der Waals surface area contributed by atoms with E-state index in [1.807, 2.05) is 13.8 Å². The molecule has 0 aliphatic heterocycles. The van der Waals surface area contributed by atoms with Crippen LogP contribution >= 0.6 is 24.0 Å². The molecule has 10 heteroatoms. The van der Waals surface area contributed by atoms with Gasteiger partial charge in [0, 0.05) is 18.7 Å². The van der Waals surface area contributed by atoms with E-state index in [4.69, 9.17) is 5.73 Å². The van der Waals surface area contributed by atoms with Crippen molar-refractivity contribution in [1.82, 2.24) is 15.2 Å². The third-order valence-corrected chi connectivity index (χ3v) is 3.87. The molecule has 0 saturated carbocycles. The second-order valence-electron chi connectivity index (χ2n) is 4.36. The van der Waals surface area contributed by atoms with E-state index >= 15 is 0 Å². The molecule has 0 aromatic carbocycles. The molecule has 0 saturated heterocycles. The van der Waals surface area contributed by atoms with Gasteiger partial charge in [-0.25, -0.2) is 13.1 Å². The average Bonchev–Trinajstić information content (AvgIpc) is 2.86. The molecule has 0 bridgehead atoms. The van der Waals surface area contributed by atoms with Crippen molar-refractivity contribution < 1.29 is 12.9 Å². The summed E-state index contributed by atoms with van der Waals surface area (Å²) in [6.45, 7) is 4.47. The van der Waals surface area contributed by atoms with E-state index in [-0.39, 0.29) is 48.9 Å². The first kappa shape index (κ1) is 20.1. The number of rotatable bonds is 8.